The predicted molar refractivity (Wildman–Crippen MR) is 85.5 cm³/mol. The van der Waals surface area contributed by atoms with Crippen molar-refractivity contribution in [2.45, 2.75) is 0 Å². The second kappa shape index (κ2) is 7.93. The van der Waals surface area contributed by atoms with Gasteiger partial charge in [-0.05, 0) is 24.3 Å². The van der Waals surface area contributed by atoms with E-state index < -0.39 is 0 Å². The number of benzene rings is 2. The maximum Gasteiger partial charge on any atom is 0.255 e. The molecule has 122 valence electrons. The minimum Gasteiger partial charge on any atom is -0.507 e. The fourth-order valence-electron chi connectivity index (χ4n) is 1.99. The van der Waals surface area contributed by atoms with E-state index in [1.54, 1.807) is 25.3 Å². The van der Waals surface area contributed by atoms with Crippen LogP contribution in [0, 0.1) is 0 Å². The fraction of sp³-hybridized carbons (Fsp3) is 0.235. The van der Waals surface area contributed by atoms with Crippen LogP contribution in [-0.2, 0) is 0 Å². The Morgan fingerprint density at radius 2 is 1.83 bits per heavy atom. The first-order chi connectivity index (χ1) is 11.2. The van der Waals surface area contributed by atoms with Gasteiger partial charge in [0.05, 0.1) is 26.3 Å². The second-order valence-corrected chi connectivity index (χ2v) is 4.64. The lowest BCUT2D eigenvalue weighted by Crippen LogP contribution is -2.28. The van der Waals surface area contributed by atoms with Crippen molar-refractivity contribution in [3.8, 4) is 23.0 Å². The van der Waals surface area contributed by atoms with E-state index in [0.717, 1.165) is 0 Å². The number of hydrogen-bond donors (Lipinski definition) is 2. The molecule has 2 rings (SSSR count). The number of phenols is 1. The van der Waals surface area contributed by atoms with Crippen molar-refractivity contribution in [3.63, 3.8) is 0 Å². The maximum atomic E-state index is 12.0. The molecule has 0 aliphatic heterocycles. The molecule has 6 heteroatoms. The summed E-state index contributed by atoms with van der Waals surface area (Å²) in [5.74, 6) is 1.21. The number of methoxy groups -OCH3 is 2. The molecule has 2 aromatic rings. The number of phenolic OH excluding ortho intramolecular Hbond substituents is 1. The van der Waals surface area contributed by atoms with E-state index in [4.69, 9.17) is 14.2 Å². The standard InChI is InChI=1S/C17H19NO5/c1-21-12-7-8-13(14(19)11-12)17(20)18-9-10-23-16-6-4-3-5-15(16)22-2/h3-8,11,19H,9-10H2,1-2H3,(H,18,20). The van der Waals surface area contributed by atoms with Crippen molar-refractivity contribution in [3.05, 3.63) is 48.0 Å². The van der Waals surface area contributed by atoms with Crippen LogP contribution in [0.3, 0.4) is 0 Å². The number of para-hydroxylation sites is 2. The topological polar surface area (TPSA) is 77.0 Å². The van der Waals surface area contributed by atoms with Gasteiger partial charge in [0.1, 0.15) is 18.1 Å². The number of hydrogen-bond acceptors (Lipinski definition) is 5. The summed E-state index contributed by atoms with van der Waals surface area (Å²) in [7, 11) is 3.06. The number of nitrogens with one attached hydrogen (secondary N) is 1. The molecule has 0 atom stereocenters. The van der Waals surface area contributed by atoms with Crippen LogP contribution in [0.1, 0.15) is 10.4 Å². The van der Waals surface area contributed by atoms with E-state index in [-0.39, 0.29) is 23.8 Å². The minimum atomic E-state index is -0.381. The molecule has 23 heavy (non-hydrogen) atoms. The Balaban J connectivity index is 1.85. The first-order valence-electron chi connectivity index (χ1n) is 7.06. The average molecular weight is 317 g/mol. The van der Waals surface area contributed by atoms with Gasteiger partial charge < -0.3 is 24.6 Å². The molecular formula is C17H19NO5. The Hall–Kier alpha value is -2.89. The zero-order valence-electron chi connectivity index (χ0n) is 13.0. The predicted octanol–water partition coefficient (Wildman–Crippen LogP) is 2.22. The second-order valence-electron chi connectivity index (χ2n) is 4.64. The van der Waals surface area contributed by atoms with Gasteiger partial charge in [-0.15, -0.1) is 0 Å². The molecule has 0 aromatic heterocycles. The maximum absolute atomic E-state index is 12.0. The smallest absolute Gasteiger partial charge is 0.255 e. The van der Waals surface area contributed by atoms with Crippen LogP contribution in [0.2, 0.25) is 0 Å². The van der Waals surface area contributed by atoms with Gasteiger partial charge in [0.15, 0.2) is 11.5 Å². The number of rotatable bonds is 7. The Morgan fingerprint density at radius 1 is 1.09 bits per heavy atom. The van der Waals surface area contributed by atoms with E-state index in [1.165, 1.54) is 19.2 Å². The summed E-state index contributed by atoms with van der Waals surface area (Å²) in [4.78, 5) is 12.0. The van der Waals surface area contributed by atoms with Gasteiger partial charge in [0.25, 0.3) is 5.91 Å². The Kier molecular flexibility index (Phi) is 5.68. The third-order valence-corrected chi connectivity index (χ3v) is 3.16. The van der Waals surface area contributed by atoms with Crippen LogP contribution in [0.25, 0.3) is 0 Å². The third kappa shape index (κ3) is 4.29. The van der Waals surface area contributed by atoms with Gasteiger partial charge in [-0.25, -0.2) is 0 Å². The zero-order valence-corrected chi connectivity index (χ0v) is 13.0. The number of ether oxygens (including phenoxy) is 3. The van der Waals surface area contributed by atoms with E-state index in [2.05, 4.69) is 5.32 Å². The van der Waals surface area contributed by atoms with Gasteiger partial charge in [-0.3, -0.25) is 4.79 Å². The van der Waals surface area contributed by atoms with Crippen LogP contribution < -0.4 is 19.5 Å². The molecule has 0 heterocycles. The normalized spacial score (nSPS) is 10.0. The van der Waals surface area contributed by atoms with Gasteiger partial charge >= 0.3 is 0 Å². The molecule has 0 spiro atoms. The molecule has 2 aromatic carbocycles. The summed E-state index contributed by atoms with van der Waals surface area (Å²) in [5.41, 5.74) is 0.183. The zero-order chi connectivity index (χ0) is 16.7. The molecule has 2 N–H and O–H groups in total. The van der Waals surface area contributed by atoms with E-state index >= 15 is 0 Å². The highest BCUT2D eigenvalue weighted by atomic mass is 16.5. The summed E-state index contributed by atoms with van der Waals surface area (Å²) in [5, 5.41) is 12.5. The van der Waals surface area contributed by atoms with Crippen molar-refractivity contribution in [2.24, 2.45) is 0 Å². The van der Waals surface area contributed by atoms with Crippen LogP contribution in [0.4, 0.5) is 0 Å². The summed E-state index contributed by atoms with van der Waals surface area (Å²) < 4.78 is 15.7. The highest BCUT2D eigenvalue weighted by molar-refractivity contribution is 5.96. The summed E-state index contributed by atoms with van der Waals surface area (Å²) >= 11 is 0. The molecule has 0 unspecified atom stereocenters. The molecular weight excluding hydrogens is 298 g/mol. The Morgan fingerprint density at radius 3 is 2.48 bits per heavy atom. The monoisotopic (exact) mass is 317 g/mol. The number of carbonyl (C=O) groups is 1. The number of aromatic hydroxyl groups is 1. The van der Waals surface area contributed by atoms with Gasteiger partial charge in [-0.1, -0.05) is 12.1 Å². The first kappa shape index (κ1) is 16.5. The molecule has 1 amide bonds. The van der Waals surface area contributed by atoms with Crippen molar-refractivity contribution in [1.29, 1.82) is 0 Å². The molecule has 0 aliphatic carbocycles. The van der Waals surface area contributed by atoms with Crippen molar-refractivity contribution in [1.82, 2.24) is 5.32 Å². The van der Waals surface area contributed by atoms with Crippen LogP contribution in [0.5, 0.6) is 23.0 Å². The molecule has 0 bridgehead atoms. The molecule has 0 fully saturated rings. The lowest BCUT2D eigenvalue weighted by Gasteiger charge is -2.11. The lowest BCUT2D eigenvalue weighted by atomic mass is 10.2. The SMILES string of the molecule is COc1ccc(C(=O)NCCOc2ccccc2OC)c(O)c1. The largest absolute Gasteiger partial charge is 0.507 e. The molecule has 6 nitrogen and oxygen atoms in total. The molecule has 0 saturated heterocycles. The summed E-state index contributed by atoms with van der Waals surface area (Å²) in [6, 6.07) is 11.8. The average Bonchev–Trinajstić information content (AvgIpc) is 2.58. The van der Waals surface area contributed by atoms with Gasteiger partial charge in [-0.2, -0.15) is 0 Å². The molecule has 0 saturated carbocycles. The van der Waals surface area contributed by atoms with Gasteiger partial charge in [0.2, 0.25) is 0 Å². The highest BCUT2D eigenvalue weighted by Gasteiger charge is 2.11. The first-order valence-corrected chi connectivity index (χ1v) is 7.06. The lowest BCUT2D eigenvalue weighted by molar-refractivity contribution is 0.0944. The minimum absolute atomic E-state index is 0.132. The van der Waals surface area contributed by atoms with Crippen LogP contribution in [0.15, 0.2) is 42.5 Å². The van der Waals surface area contributed by atoms with E-state index in [0.29, 0.717) is 23.8 Å². The van der Waals surface area contributed by atoms with Crippen molar-refractivity contribution >= 4 is 5.91 Å². The summed E-state index contributed by atoms with van der Waals surface area (Å²) in [6.07, 6.45) is 0. The van der Waals surface area contributed by atoms with Crippen molar-refractivity contribution in [2.75, 3.05) is 27.4 Å². The quantitative estimate of drug-likeness (QED) is 0.766. The molecule has 0 aliphatic rings. The molecule has 0 radical (unpaired) electrons. The van der Waals surface area contributed by atoms with E-state index in [1.807, 2.05) is 12.1 Å². The highest BCUT2D eigenvalue weighted by Crippen LogP contribution is 2.25. The fourth-order valence-corrected chi connectivity index (χ4v) is 1.99. The number of amides is 1. The van der Waals surface area contributed by atoms with Crippen LogP contribution >= 0.6 is 0 Å². The van der Waals surface area contributed by atoms with Gasteiger partial charge in [0, 0.05) is 6.07 Å². The Bertz CT molecular complexity index is 672. The van der Waals surface area contributed by atoms with Crippen LogP contribution in [-0.4, -0.2) is 38.4 Å². The number of carbonyl (C=O) groups excluding carboxylic acids is 1. The third-order valence-electron chi connectivity index (χ3n) is 3.16. The summed E-state index contributed by atoms with van der Waals surface area (Å²) in [6.45, 7) is 0.575. The van der Waals surface area contributed by atoms with E-state index in [9.17, 15) is 9.90 Å². The van der Waals surface area contributed by atoms with Crippen molar-refractivity contribution < 1.29 is 24.1 Å². The Labute approximate surface area is 134 Å².